The number of carbonyl (C=O) groups excluding carboxylic acids is 2. The van der Waals surface area contributed by atoms with Crippen molar-refractivity contribution in [2.24, 2.45) is 5.92 Å². The summed E-state index contributed by atoms with van der Waals surface area (Å²) in [6, 6.07) is 13.0. The number of benzene rings is 2. The van der Waals surface area contributed by atoms with Gasteiger partial charge < -0.3 is 15.0 Å². The zero-order valence-corrected chi connectivity index (χ0v) is 23.4. The van der Waals surface area contributed by atoms with Gasteiger partial charge in [0.15, 0.2) is 6.61 Å². The van der Waals surface area contributed by atoms with Crippen LogP contribution in [0.3, 0.4) is 0 Å². The quantitative estimate of drug-likeness (QED) is 0.390. The number of rotatable bonds is 9. The molecule has 0 aromatic heterocycles. The maximum absolute atomic E-state index is 13.2. The Morgan fingerprint density at radius 3 is 2.21 bits per heavy atom. The predicted octanol–water partition coefficient (Wildman–Crippen LogP) is 6.08. The first-order valence-electron chi connectivity index (χ1n) is 11.1. The van der Waals surface area contributed by atoms with Crippen LogP contribution in [0.25, 0.3) is 0 Å². The van der Waals surface area contributed by atoms with Gasteiger partial charge in [-0.1, -0.05) is 68.7 Å². The van der Waals surface area contributed by atoms with Gasteiger partial charge in [-0.2, -0.15) is 0 Å². The van der Waals surface area contributed by atoms with Crippen molar-refractivity contribution in [3.63, 3.8) is 0 Å². The first-order valence-corrected chi connectivity index (χ1v) is 12.7. The van der Waals surface area contributed by atoms with E-state index >= 15 is 0 Å². The number of halogens is 2. The average molecular weight is 582 g/mol. The highest BCUT2D eigenvalue weighted by atomic mass is 79.9. The molecule has 2 amide bonds. The lowest BCUT2D eigenvalue weighted by Crippen LogP contribution is -2.49. The number of hydrogen-bond acceptors (Lipinski definition) is 3. The van der Waals surface area contributed by atoms with E-state index < -0.39 is 6.04 Å². The molecule has 0 saturated heterocycles. The van der Waals surface area contributed by atoms with Crippen LogP contribution in [0.15, 0.2) is 51.4 Å². The first kappa shape index (κ1) is 27.4. The summed E-state index contributed by atoms with van der Waals surface area (Å²) in [6.45, 7) is 13.0. The number of amides is 2. The van der Waals surface area contributed by atoms with Crippen LogP contribution in [-0.4, -0.2) is 35.9 Å². The molecule has 1 N–H and O–H groups in total. The molecular formula is C26H34Br2N2O3. The van der Waals surface area contributed by atoms with Crippen LogP contribution in [0.5, 0.6) is 5.75 Å². The van der Waals surface area contributed by atoms with Crippen LogP contribution in [0.2, 0.25) is 0 Å². The van der Waals surface area contributed by atoms with Gasteiger partial charge in [-0.15, -0.1) is 0 Å². The van der Waals surface area contributed by atoms with E-state index in [1.165, 1.54) is 5.56 Å². The Morgan fingerprint density at radius 1 is 1.03 bits per heavy atom. The Bertz CT molecular complexity index is 953. The van der Waals surface area contributed by atoms with Gasteiger partial charge in [-0.3, -0.25) is 9.59 Å². The lowest BCUT2D eigenvalue weighted by molar-refractivity contribution is -0.142. The molecule has 0 spiro atoms. The zero-order chi connectivity index (χ0) is 24.8. The second-order valence-corrected chi connectivity index (χ2v) is 11.4. The zero-order valence-electron chi connectivity index (χ0n) is 20.2. The van der Waals surface area contributed by atoms with Crippen LogP contribution in [-0.2, 0) is 21.5 Å². The Kier molecular flexibility index (Phi) is 9.98. The minimum atomic E-state index is -0.629. The van der Waals surface area contributed by atoms with E-state index in [9.17, 15) is 9.59 Å². The van der Waals surface area contributed by atoms with Gasteiger partial charge >= 0.3 is 0 Å². The maximum atomic E-state index is 13.2. The summed E-state index contributed by atoms with van der Waals surface area (Å²) in [5.41, 5.74) is 2.11. The number of hydrogen-bond donors (Lipinski definition) is 1. The molecule has 0 fully saturated rings. The molecule has 2 aromatic rings. The van der Waals surface area contributed by atoms with Crippen LogP contribution < -0.4 is 10.1 Å². The highest BCUT2D eigenvalue weighted by Crippen LogP contribution is 2.31. The summed E-state index contributed by atoms with van der Waals surface area (Å²) < 4.78 is 7.61. The third-order valence-electron chi connectivity index (χ3n) is 5.27. The highest BCUT2D eigenvalue weighted by molar-refractivity contribution is 9.10. The fourth-order valence-corrected chi connectivity index (χ4v) is 3.89. The lowest BCUT2D eigenvalue weighted by Gasteiger charge is -2.29. The van der Waals surface area contributed by atoms with E-state index in [-0.39, 0.29) is 23.8 Å². The molecule has 0 aliphatic carbocycles. The fourth-order valence-electron chi connectivity index (χ4n) is 3.13. The van der Waals surface area contributed by atoms with Crippen molar-refractivity contribution in [1.29, 1.82) is 0 Å². The van der Waals surface area contributed by atoms with Gasteiger partial charge in [0.05, 0.1) is 4.47 Å². The summed E-state index contributed by atoms with van der Waals surface area (Å²) in [5, 5.41) is 2.93. The molecule has 0 heterocycles. The normalized spacial score (nSPS) is 12.4. The molecule has 0 unspecified atom stereocenters. The Balaban J connectivity index is 2.16. The Hall–Kier alpha value is -1.86. The van der Waals surface area contributed by atoms with Crippen molar-refractivity contribution in [2.75, 3.05) is 13.2 Å². The van der Waals surface area contributed by atoms with Gasteiger partial charge in [0.25, 0.3) is 5.91 Å². The van der Waals surface area contributed by atoms with E-state index in [0.29, 0.717) is 24.8 Å². The third-order valence-corrected chi connectivity index (χ3v) is 6.42. The van der Waals surface area contributed by atoms with Crippen molar-refractivity contribution in [3.8, 4) is 5.75 Å². The highest BCUT2D eigenvalue weighted by Gasteiger charge is 2.27. The molecule has 180 valence electrons. The van der Waals surface area contributed by atoms with Crippen molar-refractivity contribution >= 4 is 43.7 Å². The number of nitrogens with zero attached hydrogens (tertiary/aromatic N) is 1. The summed E-state index contributed by atoms with van der Waals surface area (Å²) in [6.07, 6.45) is 0. The Morgan fingerprint density at radius 2 is 1.67 bits per heavy atom. The minimum Gasteiger partial charge on any atom is -0.483 e. The SMILES string of the molecule is CC(C)CNC(=O)[C@@H](C)N(Cc1ccc(Br)cc1)C(=O)COc1ccc(C(C)(C)C)cc1Br. The molecule has 0 bridgehead atoms. The molecule has 0 radical (unpaired) electrons. The van der Waals surface area contributed by atoms with Gasteiger partial charge in [-0.05, 0) is 69.6 Å². The first-order chi connectivity index (χ1) is 15.4. The summed E-state index contributed by atoms with van der Waals surface area (Å²) in [5.74, 6) is 0.493. The second kappa shape index (κ2) is 12.0. The molecule has 0 aliphatic rings. The molecule has 1 atom stereocenters. The van der Waals surface area contributed by atoms with Crippen LogP contribution in [0, 0.1) is 5.92 Å². The molecule has 2 rings (SSSR count). The molecule has 5 nitrogen and oxygen atoms in total. The second-order valence-electron chi connectivity index (χ2n) is 9.65. The molecule has 33 heavy (non-hydrogen) atoms. The van der Waals surface area contributed by atoms with E-state index in [1.54, 1.807) is 11.8 Å². The molecule has 2 aromatic carbocycles. The van der Waals surface area contributed by atoms with E-state index in [2.05, 4.69) is 57.9 Å². The van der Waals surface area contributed by atoms with Crippen LogP contribution in [0.1, 0.15) is 52.7 Å². The summed E-state index contributed by atoms with van der Waals surface area (Å²) >= 11 is 6.99. The van der Waals surface area contributed by atoms with Gasteiger partial charge in [0.2, 0.25) is 5.91 Å². The Labute approximate surface area is 214 Å². The van der Waals surface area contributed by atoms with Crippen molar-refractivity contribution < 1.29 is 14.3 Å². The smallest absolute Gasteiger partial charge is 0.261 e. The minimum absolute atomic E-state index is 0.0110. The van der Waals surface area contributed by atoms with Crippen molar-refractivity contribution in [1.82, 2.24) is 10.2 Å². The average Bonchev–Trinajstić information content (AvgIpc) is 2.74. The van der Waals surface area contributed by atoms with Crippen LogP contribution >= 0.6 is 31.9 Å². The van der Waals surface area contributed by atoms with E-state index in [4.69, 9.17) is 4.74 Å². The molecule has 0 saturated carbocycles. The van der Waals surface area contributed by atoms with Crippen LogP contribution in [0.4, 0.5) is 0 Å². The van der Waals surface area contributed by atoms with Gasteiger partial charge in [0, 0.05) is 17.6 Å². The van der Waals surface area contributed by atoms with E-state index in [0.717, 1.165) is 14.5 Å². The fraction of sp³-hybridized carbons (Fsp3) is 0.462. The van der Waals surface area contributed by atoms with Gasteiger partial charge in [-0.25, -0.2) is 0 Å². The maximum Gasteiger partial charge on any atom is 0.261 e. The number of ether oxygens (including phenoxy) is 1. The van der Waals surface area contributed by atoms with Crippen molar-refractivity contribution in [2.45, 2.75) is 59.5 Å². The third kappa shape index (κ3) is 8.45. The standard InChI is InChI=1S/C26H34Br2N2O3/c1-17(2)14-29-25(32)18(3)30(15-19-7-10-21(27)11-8-19)24(31)16-33-23-12-9-20(13-22(23)28)26(4,5)6/h7-13,17-18H,14-16H2,1-6H3,(H,29,32)/t18-/m1/s1. The van der Waals surface area contributed by atoms with Crippen molar-refractivity contribution in [3.05, 3.63) is 62.5 Å². The monoisotopic (exact) mass is 580 g/mol. The molecule has 0 aliphatic heterocycles. The van der Waals surface area contributed by atoms with E-state index in [1.807, 2.05) is 56.3 Å². The number of nitrogens with one attached hydrogen (secondary N) is 1. The molecule has 7 heteroatoms. The predicted molar refractivity (Wildman–Crippen MR) is 140 cm³/mol. The topological polar surface area (TPSA) is 58.6 Å². The summed E-state index contributed by atoms with van der Waals surface area (Å²) in [7, 11) is 0. The molecular weight excluding hydrogens is 548 g/mol. The number of carbonyl (C=O) groups is 2. The summed E-state index contributed by atoms with van der Waals surface area (Å²) in [4.78, 5) is 27.5. The largest absolute Gasteiger partial charge is 0.483 e. The van der Waals surface area contributed by atoms with Gasteiger partial charge in [0.1, 0.15) is 11.8 Å². The lowest BCUT2D eigenvalue weighted by atomic mass is 9.87.